The monoisotopic (exact) mass is 218 g/mol. The van der Waals surface area contributed by atoms with Crippen LogP contribution in [0.5, 0.6) is 0 Å². The van der Waals surface area contributed by atoms with Crippen molar-refractivity contribution in [2.75, 3.05) is 0 Å². The summed E-state index contributed by atoms with van der Waals surface area (Å²) in [5, 5.41) is 0. The summed E-state index contributed by atoms with van der Waals surface area (Å²) in [5.41, 5.74) is 5.32. The number of hydrogen-bond donors (Lipinski definition) is 0. The first kappa shape index (κ1) is 10.1. The molecule has 2 aromatic rings. The third-order valence-electron chi connectivity index (χ3n) is 3.15. The molecule has 0 heterocycles. The predicted molar refractivity (Wildman–Crippen MR) is 73.6 cm³/mol. The number of rotatable bonds is 1. The minimum Gasteiger partial charge on any atom is -0.0722 e. The van der Waals surface area contributed by atoms with Crippen molar-refractivity contribution in [1.82, 2.24) is 0 Å². The summed E-state index contributed by atoms with van der Waals surface area (Å²) in [6, 6.07) is 19.1. The smallest absolute Gasteiger partial charge is 0.00823 e. The Labute approximate surface area is 102 Å². The molecule has 0 fully saturated rings. The molecule has 0 atom stereocenters. The molecule has 17 heavy (non-hydrogen) atoms. The highest BCUT2D eigenvalue weighted by Crippen LogP contribution is 2.23. The second-order valence-corrected chi connectivity index (χ2v) is 4.26. The maximum atomic E-state index is 2.30. The van der Waals surface area contributed by atoms with Crippen molar-refractivity contribution in [3.05, 3.63) is 83.4 Å². The predicted octanol–water partition coefficient (Wildman–Crippen LogP) is 4.34. The van der Waals surface area contributed by atoms with Gasteiger partial charge in [0, 0.05) is 0 Å². The van der Waals surface area contributed by atoms with Gasteiger partial charge in [-0.1, -0.05) is 72.8 Å². The SMILES string of the molecule is C1=Cc2ccccc2CC=C1c1ccccc1. The summed E-state index contributed by atoms with van der Waals surface area (Å²) in [5.74, 6) is 0. The molecule has 0 heteroatoms. The fourth-order valence-electron chi connectivity index (χ4n) is 2.19. The molecule has 0 aliphatic heterocycles. The van der Waals surface area contributed by atoms with Gasteiger partial charge in [-0.25, -0.2) is 0 Å². The van der Waals surface area contributed by atoms with Crippen molar-refractivity contribution in [2.24, 2.45) is 0 Å². The van der Waals surface area contributed by atoms with Crippen molar-refractivity contribution in [2.45, 2.75) is 6.42 Å². The van der Waals surface area contributed by atoms with Gasteiger partial charge in [0.15, 0.2) is 0 Å². The van der Waals surface area contributed by atoms with Gasteiger partial charge in [0.25, 0.3) is 0 Å². The van der Waals surface area contributed by atoms with E-state index in [1.165, 1.54) is 22.3 Å². The third-order valence-corrected chi connectivity index (χ3v) is 3.15. The maximum Gasteiger partial charge on any atom is -0.00823 e. The van der Waals surface area contributed by atoms with Crippen LogP contribution in [0.3, 0.4) is 0 Å². The van der Waals surface area contributed by atoms with Gasteiger partial charge in [-0.2, -0.15) is 0 Å². The quantitative estimate of drug-likeness (QED) is 0.668. The van der Waals surface area contributed by atoms with Crippen molar-refractivity contribution in [3.63, 3.8) is 0 Å². The van der Waals surface area contributed by atoms with Crippen molar-refractivity contribution in [3.8, 4) is 0 Å². The molecule has 0 aromatic heterocycles. The van der Waals surface area contributed by atoms with Gasteiger partial charge in [0.2, 0.25) is 0 Å². The van der Waals surface area contributed by atoms with Crippen LogP contribution in [0.4, 0.5) is 0 Å². The summed E-state index contributed by atoms with van der Waals surface area (Å²) in [7, 11) is 0. The fourth-order valence-corrected chi connectivity index (χ4v) is 2.19. The molecule has 0 saturated carbocycles. The number of fused-ring (bicyclic) bond motifs is 1. The van der Waals surface area contributed by atoms with Crippen LogP contribution in [0.25, 0.3) is 11.6 Å². The van der Waals surface area contributed by atoms with Crippen LogP contribution in [-0.2, 0) is 6.42 Å². The van der Waals surface area contributed by atoms with E-state index in [4.69, 9.17) is 0 Å². The molecule has 0 saturated heterocycles. The normalized spacial score (nSPS) is 13.8. The zero-order valence-electron chi connectivity index (χ0n) is 9.64. The highest BCUT2D eigenvalue weighted by molar-refractivity contribution is 5.80. The van der Waals surface area contributed by atoms with E-state index in [0.717, 1.165) is 6.42 Å². The van der Waals surface area contributed by atoms with E-state index in [0.29, 0.717) is 0 Å². The first-order chi connectivity index (χ1) is 8.43. The average molecular weight is 218 g/mol. The molecular weight excluding hydrogens is 204 g/mol. The van der Waals surface area contributed by atoms with Crippen molar-refractivity contribution >= 4 is 11.6 Å². The molecular formula is C17H14. The minimum absolute atomic E-state index is 1.01. The van der Waals surface area contributed by atoms with Gasteiger partial charge in [-0.3, -0.25) is 0 Å². The van der Waals surface area contributed by atoms with E-state index in [1.807, 2.05) is 0 Å². The van der Waals surface area contributed by atoms with Gasteiger partial charge < -0.3 is 0 Å². The van der Waals surface area contributed by atoms with Crippen LogP contribution >= 0.6 is 0 Å². The van der Waals surface area contributed by atoms with E-state index in [9.17, 15) is 0 Å². The Kier molecular flexibility index (Phi) is 2.63. The average Bonchev–Trinajstić information content (AvgIpc) is 2.62. The lowest BCUT2D eigenvalue weighted by atomic mass is 10.0. The molecule has 0 N–H and O–H groups in total. The Balaban J connectivity index is 2.00. The van der Waals surface area contributed by atoms with Crippen molar-refractivity contribution in [1.29, 1.82) is 0 Å². The highest BCUT2D eigenvalue weighted by Gasteiger charge is 2.04. The topological polar surface area (TPSA) is 0 Å². The summed E-state index contributed by atoms with van der Waals surface area (Å²) >= 11 is 0. The number of allylic oxidation sites excluding steroid dienone is 3. The Hall–Kier alpha value is -2.08. The van der Waals surface area contributed by atoms with Gasteiger partial charge in [-0.05, 0) is 28.7 Å². The summed E-state index contributed by atoms with van der Waals surface area (Å²) < 4.78 is 0. The van der Waals surface area contributed by atoms with E-state index in [-0.39, 0.29) is 0 Å². The van der Waals surface area contributed by atoms with Crippen LogP contribution < -0.4 is 0 Å². The van der Waals surface area contributed by atoms with Gasteiger partial charge in [0.05, 0.1) is 0 Å². The minimum atomic E-state index is 1.01. The molecule has 0 unspecified atom stereocenters. The second kappa shape index (κ2) is 4.42. The Morgan fingerprint density at radius 3 is 2.35 bits per heavy atom. The third kappa shape index (κ3) is 2.07. The zero-order chi connectivity index (χ0) is 11.5. The molecule has 0 amide bonds. The maximum absolute atomic E-state index is 2.30. The lowest BCUT2D eigenvalue weighted by Crippen LogP contribution is -1.84. The Morgan fingerprint density at radius 2 is 1.47 bits per heavy atom. The van der Waals surface area contributed by atoms with E-state index in [1.54, 1.807) is 0 Å². The van der Waals surface area contributed by atoms with Gasteiger partial charge in [-0.15, -0.1) is 0 Å². The van der Waals surface area contributed by atoms with Crippen LogP contribution in [0.2, 0.25) is 0 Å². The standard InChI is InChI=1S/C17H14/c1-2-6-14(7-3-1)17-12-10-15-8-4-5-9-16(15)11-13-17/h1-10,12-13H,11H2. The van der Waals surface area contributed by atoms with Crippen LogP contribution in [0, 0.1) is 0 Å². The second-order valence-electron chi connectivity index (χ2n) is 4.26. The molecule has 3 rings (SSSR count). The lowest BCUT2D eigenvalue weighted by Gasteiger charge is -2.00. The molecule has 0 radical (unpaired) electrons. The van der Waals surface area contributed by atoms with Crippen LogP contribution in [0.15, 0.2) is 66.7 Å². The summed E-state index contributed by atoms with van der Waals surface area (Å²) in [6.45, 7) is 0. The van der Waals surface area contributed by atoms with Crippen LogP contribution in [0.1, 0.15) is 16.7 Å². The Morgan fingerprint density at radius 1 is 0.706 bits per heavy atom. The largest absolute Gasteiger partial charge is 0.0722 e. The number of hydrogen-bond acceptors (Lipinski definition) is 0. The molecule has 2 aromatic carbocycles. The van der Waals surface area contributed by atoms with Gasteiger partial charge in [0.1, 0.15) is 0 Å². The molecule has 0 nitrogen and oxygen atoms in total. The lowest BCUT2D eigenvalue weighted by molar-refractivity contribution is 1.27. The molecule has 1 aliphatic carbocycles. The van der Waals surface area contributed by atoms with E-state index in [2.05, 4.69) is 72.8 Å². The van der Waals surface area contributed by atoms with E-state index >= 15 is 0 Å². The molecule has 0 spiro atoms. The zero-order valence-corrected chi connectivity index (χ0v) is 9.64. The number of benzene rings is 2. The van der Waals surface area contributed by atoms with E-state index < -0.39 is 0 Å². The summed E-state index contributed by atoms with van der Waals surface area (Å²) in [6.07, 6.45) is 7.73. The molecule has 0 bridgehead atoms. The van der Waals surface area contributed by atoms with Crippen LogP contribution in [-0.4, -0.2) is 0 Å². The van der Waals surface area contributed by atoms with Crippen molar-refractivity contribution < 1.29 is 0 Å². The molecule has 82 valence electrons. The van der Waals surface area contributed by atoms with Gasteiger partial charge >= 0.3 is 0 Å². The summed E-state index contributed by atoms with van der Waals surface area (Å²) in [4.78, 5) is 0. The first-order valence-electron chi connectivity index (χ1n) is 5.95. The molecule has 1 aliphatic rings. The Bertz CT molecular complexity index is 574. The highest BCUT2D eigenvalue weighted by atomic mass is 14.1. The first-order valence-corrected chi connectivity index (χ1v) is 5.95. The fraction of sp³-hybridized carbons (Fsp3) is 0.0588.